The van der Waals surface area contributed by atoms with E-state index in [4.69, 9.17) is 9.84 Å². The second kappa shape index (κ2) is 8.36. The van der Waals surface area contributed by atoms with E-state index in [1.165, 1.54) is 19.2 Å². The van der Waals surface area contributed by atoms with Crippen LogP contribution in [-0.2, 0) is 10.0 Å². The summed E-state index contributed by atoms with van der Waals surface area (Å²) < 4.78 is 34.8. The van der Waals surface area contributed by atoms with Gasteiger partial charge in [-0.3, -0.25) is 9.71 Å². The molecule has 5 rings (SSSR count). The number of methoxy groups -OCH3 is 1. The Kier molecular flexibility index (Phi) is 5.23. The standard InChI is InChI=1S/C24H19N5O3S/c1-32-20-6-8-21(9-7-20)33(30,31)28-19-4-2-17(3-5-19)22-10-11-24-26-16-23(29(24)27-22)18-12-14-25-15-13-18/h2-16,28H,1H3. The summed E-state index contributed by atoms with van der Waals surface area (Å²) in [5.41, 5.74) is 4.59. The van der Waals surface area contributed by atoms with Gasteiger partial charge in [-0.2, -0.15) is 5.10 Å². The molecule has 1 N–H and O–H groups in total. The van der Waals surface area contributed by atoms with Crippen LogP contribution in [-0.4, -0.2) is 35.1 Å². The molecular weight excluding hydrogens is 438 g/mol. The minimum Gasteiger partial charge on any atom is -0.497 e. The number of anilines is 1. The Morgan fingerprint density at radius 3 is 2.27 bits per heavy atom. The summed E-state index contributed by atoms with van der Waals surface area (Å²) in [7, 11) is -2.18. The molecule has 0 fully saturated rings. The number of benzene rings is 2. The van der Waals surface area contributed by atoms with Crippen LogP contribution in [0, 0.1) is 0 Å². The predicted octanol–water partition coefficient (Wildman–Crippen LogP) is 4.27. The molecule has 0 radical (unpaired) electrons. The molecule has 2 aromatic carbocycles. The zero-order chi connectivity index (χ0) is 22.8. The molecular formula is C24H19N5O3S. The number of fused-ring (bicyclic) bond motifs is 1. The Labute approximate surface area is 190 Å². The first-order chi connectivity index (χ1) is 16.0. The summed E-state index contributed by atoms with van der Waals surface area (Å²) in [4.78, 5) is 8.63. The number of aromatic nitrogens is 4. The van der Waals surface area contributed by atoms with E-state index in [0.29, 0.717) is 11.4 Å². The lowest BCUT2D eigenvalue weighted by Gasteiger charge is -2.10. The first-order valence-electron chi connectivity index (χ1n) is 10.1. The van der Waals surface area contributed by atoms with E-state index in [9.17, 15) is 8.42 Å². The van der Waals surface area contributed by atoms with Crippen LogP contribution in [0.5, 0.6) is 5.75 Å². The van der Waals surface area contributed by atoms with Gasteiger partial charge in [0.25, 0.3) is 10.0 Å². The van der Waals surface area contributed by atoms with E-state index >= 15 is 0 Å². The SMILES string of the molecule is COc1ccc(S(=O)(=O)Nc2ccc(-c3ccc4ncc(-c5ccncc5)n4n3)cc2)cc1. The van der Waals surface area contributed by atoms with Crippen molar-refractivity contribution in [2.75, 3.05) is 11.8 Å². The topological polar surface area (TPSA) is 98.5 Å². The minimum absolute atomic E-state index is 0.156. The summed E-state index contributed by atoms with van der Waals surface area (Å²) in [5, 5.41) is 4.73. The average molecular weight is 458 g/mol. The van der Waals surface area contributed by atoms with E-state index < -0.39 is 10.0 Å². The summed E-state index contributed by atoms with van der Waals surface area (Å²) in [5.74, 6) is 0.591. The Bertz CT molecular complexity index is 1510. The van der Waals surface area contributed by atoms with Crippen molar-refractivity contribution in [3.05, 3.63) is 91.4 Å². The van der Waals surface area contributed by atoms with Crippen molar-refractivity contribution in [1.29, 1.82) is 0 Å². The van der Waals surface area contributed by atoms with Crippen molar-refractivity contribution in [2.45, 2.75) is 4.90 Å². The lowest BCUT2D eigenvalue weighted by atomic mass is 10.1. The largest absolute Gasteiger partial charge is 0.497 e. The van der Waals surface area contributed by atoms with E-state index in [0.717, 1.165) is 28.2 Å². The molecule has 0 saturated carbocycles. The Morgan fingerprint density at radius 1 is 0.848 bits per heavy atom. The molecule has 0 unspecified atom stereocenters. The number of imidazole rings is 1. The second-order valence-corrected chi connectivity index (χ2v) is 8.91. The summed E-state index contributed by atoms with van der Waals surface area (Å²) in [6, 6.07) is 20.9. The van der Waals surface area contributed by atoms with Gasteiger partial charge in [-0.05, 0) is 60.7 Å². The molecule has 0 aliphatic rings. The Hall–Kier alpha value is -4.24. The molecule has 0 aliphatic heterocycles. The maximum Gasteiger partial charge on any atom is 0.261 e. The molecule has 8 nitrogen and oxygen atoms in total. The molecule has 0 bridgehead atoms. The van der Waals surface area contributed by atoms with Gasteiger partial charge < -0.3 is 4.74 Å². The van der Waals surface area contributed by atoms with Gasteiger partial charge in [-0.15, -0.1) is 0 Å². The fraction of sp³-hybridized carbons (Fsp3) is 0.0417. The molecule has 0 saturated heterocycles. The number of sulfonamides is 1. The van der Waals surface area contributed by atoms with Gasteiger partial charge >= 0.3 is 0 Å². The summed E-state index contributed by atoms with van der Waals surface area (Å²) in [6.07, 6.45) is 5.23. The zero-order valence-corrected chi connectivity index (χ0v) is 18.4. The van der Waals surface area contributed by atoms with Crippen LogP contribution in [0.2, 0.25) is 0 Å². The number of rotatable bonds is 6. The zero-order valence-electron chi connectivity index (χ0n) is 17.6. The van der Waals surface area contributed by atoms with Gasteiger partial charge in [0, 0.05) is 29.2 Å². The van der Waals surface area contributed by atoms with Crippen molar-refractivity contribution in [1.82, 2.24) is 19.6 Å². The highest BCUT2D eigenvalue weighted by Gasteiger charge is 2.15. The third-order valence-electron chi connectivity index (χ3n) is 5.14. The van der Waals surface area contributed by atoms with E-state index in [1.807, 2.05) is 36.4 Å². The smallest absolute Gasteiger partial charge is 0.261 e. The number of hydrogen-bond donors (Lipinski definition) is 1. The van der Waals surface area contributed by atoms with Crippen LogP contribution in [0.25, 0.3) is 28.2 Å². The Morgan fingerprint density at radius 2 is 1.58 bits per heavy atom. The molecule has 5 aromatic rings. The van der Waals surface area contributed by atoms with Crippen molar-refractivity contribution < 1.29 is 13.2 Å². The van der Waals surface area contributed by atoms with Crippen LogP contribution in [0.4, 0.5) is 5.69 Å². The third-order valence-corrected chi connectivity index (χ3v) is 6.54. The van der Waals surface area contributed by atoms with Crippen LogP contribution in [0.3, 0.4) is 0 Å². The van der Waals surface area contributed by atoms with E-state index in [2.05, 4.69) is 14.7 Å². The Balaban J connectivity index is 1.41. The molecule has 0 amide bonds. The molecule has 164 valence electrons. The number of hydrogen-bond acceptors (Lipinski definition) is 6. The maximum atomic E-state index is 12.7. The van der Waals surface area contributed by atoms with Gasteiger partial charge in [-0.25, -0.2) is 17.9 Å². The van der Waals surface area contributed by atoms with Crippen LogP contribution in [0.15, 0.2) is 96.3 Å². The summed E-state index contributed by atoms with van der Waals surface area (Å²) >= 11 is 0. The van der Waals surface area contributed by atoms with E-state index in [1.54, 1.807) is 47.4 Å². The third kappa shape index (κ3) is 4.13. The van der Waals surface area contributed by atoms with Gasteiger partial charge in [0.1, 0.15) is 5.75 Å². The molecule has 9 heteroatoms. The highest BCUT2D eigenvalue weighted by atomic mass is 32.2. The van der Waals surface area contributed by atoms with Gasteiger partial charge in [0.05, 0.1) is 29.6 Å². The monoisotopic (exact) mass is 457 g/mol. The number of nitrogens with zero attached hydrogens (tertiary/aromatic N) is 4. The molecule has 0 aliphatic carbocycles. The van der Waals surface area contributed by atoms with Crippen molar-refractivity contribution in [2.24, 2.45) is 0 Å². The lowest BCUT2D eigenvalue weighted by Crippen LogP contribution is -2.12. The quantitative estimate of drug-likeness (QED) is 0.409. The van der Waals surface area contributed by atoms with Crippen molar-refractivity contribution >= 4 is 21.4 Å². The number of nitrogens with one attached hydrogen (secondary N) is 1. The molecule has 0 atom stereocenters. The maximum absolute atomic E-state index is 12.7. The van der Waals surface area contributed by atoms with Gasteiger partial charge in [0.15, 0.2) is 5.65 Å². The first kappa shape index (κ1) is 20.7. The average Bonchev–Trinajstić information content (AvgIpc) is 3.28. The van der Waals surface area contributed by atoms with Gasteiger partial charge in [0.2, 0.25) is 0 Å². The van der Waals surface area contributed by atoms with Crippen LogP contribution in [0.1, 0.15) is 0 Å². The summed E-state index contributed by atoms with van der Waals surface area (Å²) in [6.45, 7) is 0. The van der Waals surface area contributed by atoms with E-state index in [-0.39, 0.29) is 4.90 Å². The van der Waals surface area contributed by atoms with Crippen LogP contribution < -0.4 is 9.46 Å². The van der Waals surface area contributed by atoms with Crippen LogP contribution >= 0.6 is 0 Å². The first-order valence-corrected chi connectivity index (χ1v) is 11.5. The normalized spacial score (nSPS) is 11.4. The highest BCUT2D eigenvalue weighted by molar-refractivity contribution is 7.92. The van der Waals surface area contributed by atoms with Crippen molar-refractivity contribution in [3.8, 4) is 28.3 Å². The molecule has 33 heavy (non-hydrogen) atoms. The lowest BCUT2D eigenvalue weighted by molar-refractivity contribution is 0.414. The number of pyridine rings is 1. The minimum atomic E-state index is -3.71. The molecule has 3 aromatic heterocycles. The molecule has 3 heterocycles. The fourth-order valence-corrected chi connectivity index (χ4v) is 4.48. The van der Waals surface area contributed by atoms with Gasteiger partial charge in [-0.1, -0.05) is 12.1 Å². The second-order valence-electron chi connectivity index (χ2n) is 7.23. The number of ether oxygens (including phenoxy) is 1. The fourth-order valence-electron chi connectivity index (χ4n) is 3.42. The van der Waals surface area contributed by atoms with Crippen molar-refractivity contribution in [3.63, 3.8) is 0 Å². The molecule has 0 spiro atoms. The highest BCUT2D eigenvalue weighted by Crippen LogP contribution is 2.25. The predicted molar refractivity (Wildman–Crippen MR) is 125 cm³/mol.